The van der Waals surface area contributed by atoms with Gasteiger partial charge in [-0.2, -0.15) is 5.06 Å². The number of piperidine rings is 1. The van der Waals surface area contributed by atoms with E-state index >= 15 is 0 Å². The molecule has 0 aliphatic carbocycles. The van der Waals surface area contributed by atoms with E-state index in [2.05, 4.69) is 27.7 Å². The minimum absolute atomic E-state index is 0.0203. The Morgan fingerprint density at radius 1 is 1.09 bits per heavy atom. The van der Waals surface area contributed by atoms with E-state index in [0.29, 0.717) is 30.2 Å². The zero-order valence-electron chi connectivity index (χ0n) is 14.8. The van der Waals surface area contributed by atoms with Crippen molar-refractivity contribution in [3.8, 4) is 0 Å². The van der Waals surface area contributed by atoms with E-state index < -0.39 is 0 Å². The van der Waals surface area contributed by atoms with E-state index in [0.717, 1.165) is 5.56 Å². The van der Waals surface area contributed by atoms with Crippen LogP contribution in [-0.2, 0) is 4.74 Å². The summed E-state index contributed by atoms with van der Waals surface area (Å²) >= 11 is 0. The van der Waals surface area contributed by atoms with Crippen molar-refractivity contribution in [2.45, 2.75) is 65.6 Å². The van der Waals surface area contributed by atoms with Crippen LogP contribution in [0.15, 0.2) is 24.3 Å². The number of benzene rings is 1. The second-order valence-corrected chi connectivity index (χ2v) is 7.37. The van der Waals surface area contributed by atoms with Gasteiger partial charge in [-0.1, -0.05) is 45.4 Å². The molecule has 0 aromatic heterocycles. The standard InChI is InChI=1S/C19H29NO3/c1-12(2)17-10-16(11-18(13(3)4)20(17)22)23-19(21)15-8-6-14(5)7-9-15/h6-9,12-13,16-18,22H,10-11H2,1-5H3. The summed E-state index contributed by atoms with van der Waals surface area (Å²) in [6.45, 7) is 10.4. The van der Waals surface area contributed by atoms with E-state index in [4.69, 9.17) is 4.74 Å². The Labute approximate surface area is 139 Å². The first-order valence-corrected chi connectivity index (χ1v) is 8.54. The normalized spacial score (nSPS) is 25.8. The van der Waals surface area contributed by atoms with Gasteiger partial charge in [0.15, 0.2) is 0 Å². The summed E-state index contributed by atoms with van der Waals surface area (Å²) in [5, 5.41) is 12.0. The molecule has 0 saturated carbocycles. The van der Waals surface area contributed by atoms with Crippen molar-refractivity contribution in [2.24, 2.45) is 11.8 Å². The molecule has 1 aliphatic heterocycles. The molecule has 1 heterocycles. The van der Waals surface area contributed by atoms with Crippen LogP contribution in [0.3, 0.4) is 0 Å². The Hall–Kier alpha value is -1.39. The quantitative estimate of drug-likeness (QED) is 0.851. The number of carbonyl (C=O) groups excluding carboxylic acids is 1. The topological polar surface area (TPSA) is 49.8 Å². The van der Waals surface area contributed by atoms with Crippen molar-refractivity contribution in [2.75, 3.05) is 0 Å². The number of esters is 1. The zero-order valence-corrected chi connectivity index (χ0v) is 14.8. The lowest BCUT2D eigenvalue weighted by atomic mass is 9.85. The van der Waals surface area contributed by atoms with E-state index in [-0.39, 0.29) is 24.2 Å². The number of hydrogen-bond donors (Lipinski definition) is 1. The summed E-state index contributed by atoms with van der Waals surface area (Å²) in [4.78, 5) is 12.4. The third-order valence-electron chi connectivity index (χ3n) is 4.79. The van der Waals surface area contributed by atoms with Gasteiger partial charge in [0, 0.05) is 24.9 Å². The lowest BCUT2D eigenvalue weighted by Gasteiger charge is -2.44. The Kier molecular flexibility index (Phi) is 5.82. The Bertz CT molecular complexity index is 506. The van der Waals surface area contributed by atoms with Gasteiger partial charge >= 0.3 is 5.97 Å². The molecule has 1 N–H and O–H groups in total. The number of nitrogens with zero attached hydrogens (tertiary/aromatic N) is 1. The van der Waals surface area contributed by atoms with Gasteiger partial charge in [0.2, 0.25) is 0 Å². The first-order valence-electron chi connectivity index (χ1n) is 8.54. The molecule has 2 unspecified atom stereocenters. The maximum absolute atomic E-state index is 12.4. The van der Waals surface area contributed by atoms with Gasteiger partial charge in [-0.3, -0.25) is 0 Å². The van der Waals surface area contributed by atoms with Gasteiger partial charge < -0.3 is 9.94 Å². The molecule has 1 saturated heterocycles. The highest BCUT2D eigenvalue weighted by Gasteiger charge is 2.39. The van der Waals surface area contributed by atoms with Crippen LogP contribution in [0.2, 0.25) is 0 Å². The van der Waals surface area contributed by atoms with Crippen LogP contribution in [0.4, 0.5) is 0 Å². The second kappa shape index (κ2) is 7.45. The molecular formula is C19H29NO3. The fraction of sp³-hybridized carbons (Fsp3) is 0.632. The molecule has 4 nitrogen and oxygen atoms in total. The molecule has 2 atom stereocenters. The monoisotopic (exact) mass is 319 g/mol. The van der Waals surface area contributed by atoms with E-state index in [1.165, 1.54) is 5.06 Å². The van der Waals surface area contributed by atoms with Gasteiger partial charge in [-0.15, -0.1) is 0 Å². The van der Waals surface area contributed by atoms with Gasteiger partial charge in [-0.25, -0.2) is 4.79 Å². The molecule has 0 spiro atoms. The summed E-state index contributed by atoms with van der Waals surface area (Å²) in [7, 11) is 0. The van der Waals surface area contributed by atoms with Crippen LogP contribution in [0.1, 0.15) is 56.5 Å². The number of carbonyl (C=O) groups is 1. The van der Waals surface area contributed by atoms with E-state index in [9.17, 15) is 10.0 Å². The molecule has 2 rings (SSSR count). The number of rotatable bonds is 4. The highest BCUT2D eigenvalue weighted by molar-refractivity contribution is 5.89. The highest BCUT2D eigenvalue weighted by Crippen LogP contribution is 2.31. The molecular weight excluding hydrogens is 290 g/mol. The van der Waals surface area contributed by atoms with E-state index in [1.54, 1.807) is 12.1 Å². The SMILES string of the molecule is Cc1ccc(C(=O)OC2CC(C(C)C)N(O)C(C(C)C)C2)cc1. The van der Waals surface area contributed by atoms with E-state index in [1.807, 2.05) is 19.1 Å². The summed E-state index contributed by atoms with van der Waals surface area (Å²) in [6, 6.07) is 7.48. The molecule has 4 heteroatoms. The second-order valence-electron chi connectivity index (χ2n) is 7.37. The summed E-state index contributed by atoms with van der Waals surface area (Å²) in [6.07, 6.45) is 1.20. The molecule has 23 heavy (non-hydrogen) atoms. The Morgan fingerprint density at radius 3 is 2.00 bits per heavy atom. The number of hydroxylamine groups is 2. The van der Waals surface area contributed by atoms with Crippen molar-refractivity contribution in [3.05, 3.63) is 35.4 Å². The maximum atomic E-state index is 12.4. The molecule has 128 valence electrons. The van der Waals surface area contributed by atoms with Crippen molar-refractivity contribution < 1.29 is 14.7 Å². The van der Waals surface area contributed by atoms with Crippen molar-refractivity contribution >= 4 is 5.97 Å². The molecule has 1 aromatic rings. The zero-order chi connectivity index (χ0) is 17.1. The maximum Gasteiger partial charge on any atom is 0.338 e. The van der Waals surface area contributed by atoms with Crippen molar-refractivity contribution in [1.29, 1.82) is 0 Å². The van der Waals surface area contributed by atoms with Gasteiger partial charge in [0.25, 0.3) is 0 Å². The molecule has 1 fully saturated rings. The number of aryl methyl sites for hydroxylation is 1. The Balaban J connectivity index is 2.09. The van der Waals surface area contributed by atoms with Gasteiger partial charge in [0.1, 0.15) is 6.10 Å². The smallest absolute Gasteiger partial charge is 0.338 e. The predicted octanol–water partition coefficient (Wildman–Crippen LogP) is 4.05. The summed E-state index contributed by atoms with van der Waals surface area (Å²) < 4.78 is 5.75. The summed E-state index contributed by atoms with van der Waals surface area (Å²) in [5.74, 6) is 0.343. The van der Waals surface area contributed by atoms with Crippen LogP contribution in [0.25, 0.3) is 0 Å². The molecule has 0 radical (unpaired) electrons. The van der Waals surface area contributed by atoms with Gasteiger partial charge in [-0.05, 0) is 30.9 Å². The van der Waals surface area contributed by atoms with Crippen LogP contribution >= 0.6 is 0 Å². The highest BCUT2D eigenvalue weighted by atomic mass is 16.5. The fourth-order valence-corrected chi connectivity index (χ4v) is 3.26. The number of hydrogen-bond acceptors (Lipinski definition) is 4. The fourth-order valence-electron chi connectivity index (χ4n) is 3.26. The third-order valence-corrected chi connectivity index (χ3v) is 4.79. The van der Waals surface area contributed by atoms with Crippen LogP contribution in [0.5, 0.6) is 0 Å². The van der Waals surface area contributed by atoms with Crippen molar-refractivity contribution in [1.82, 2.24) is 5.06 Å². The largest absolute Gasteiger partial charge is 0.459 e. The molecule has 1 aromatic carbocycles. The first kappa shape index (κ1) is 18.0. The summed E-state index contributed by atoms with van der Waals surface area (Å²) in [5.41, 5.74) is 1.71. The van der Waals surface area contributed by atoms with Gasteiger partial charge in [0.05, 0.1) is 5.56 Å². The molecule has 0 amide bonds. The average Bonchev–Trinajstić information content (AvgIpc) is 2.48. The minimum atomic E-state index is -0.272. The minimum Gasteiger partial charge on any atom is -0.459 e. The average molecular weight is 319 g/mol. The van der Waals surface area contributed by atoms with Crippen LogP contribution < -0.4 is 0 Å². The van der Waals surface area contributed by atoms with Crippen LogP contribution in [-0.4, -0.2) is 34.4 Å². The lowest BCUT2D eigenvalue weighted by Crippen LogP contribution is -2.53. The predicted molar refractivity (Wildman–Crippen MR) is 90.5 cm³/mol. The third kappa shape index (κ3) is 4.33. The van der Waals surface area contributed by atoms with Crippen molar-refractivity contribution in [3.63, 3.8) is 0 Å². The lowest BCUT2D eigenvalue weighted by molar-refractivity contribution is -0.213. The number of ether oxygens (including phenoxy) is 1. The first-order chi connectivity index (χ1) is 10.8. The molecule has 0 bridgehead atoms. The molecule has 1 aliphatic rings. The Morgan fingerprint density at radius 2 is 1.57 bits per heavy atom. The van der Waals surface area contributed by atoms with Crippen LogP contribution in [0, 0.1) is 18.8 Å².